The molecule has 2 fully saturated rings. The summed E-state index contributed by atoms with van der Waals surface area (Å²) in [7, 11) is 1.66. The predicted molar refractivity (Wildman–Crippen MR) is 72.5 cm³/mol. The molecule has 2 aliphatic rings. The summed E-state index contributed by atoms with van der Waals surface area (Å²) in [6, 6.07) is 7.63. The summed E-state index contributed by atoms with van der Waals surface area (Å²) in [6.45, 7) is 0.634. The van der Waals surface area contributed by atoms with E-state index < -0.39 is 0 Å². The molecule has 2 N–H and O–H groups in total. The summed E-state index contributed by atoms with van der Waals surface area (Å²) < 4.78 is 16.7. The maximum atomic E-state index is 6.43. The number of benzene rings is 1. The Kier molecular flexibility index (Phi) is 3.37. The Hall–Kier alpha value is -1.26. The molecule has 0 aliphatic carbocycles. The summed E-state index contributed by atoms with van der Waals surface area (Å²) in [5, 5.41) is 0. The van der Waals surface area contributed by atoms with Gasteiger partial charge in [-0.1, -0.05) is 0 Å². The molecule has 2 heterocycles. The van der Waals surface area contributed by atoms with Gasteiger partial charge in [0.25, 0.3) is 0 Å². The molecule has 4 heteroatoms. The molecule has 0 aromatic heterocycles. The van der Waals surface area contributed by atoms with Crippen molar-refractivity contribution in [1.82, 2.24) is 0 Å². The van der Waals surface area contributed by atoms with Gasteiger partial charge in [0.15, 0.2) is 0 Å². The minimum Gasteiger partial charge on any atom is -0.497 e. The lowest BCUT2D eigenvalue weighted by Gasteiger charge is -2.30. The van der Waals surface area contributed by atoms with E-state index in [1.54, 1.807) is 7.11 Å². The third-order valence-corrected chi connectivity index (χ3v) is 4.25. The summed E-state index contributed by atoms with van der Waals surface area (Å²) >= 11 is 0. The lowest BCUT2D eigenvalue weighted by Crippen LogP contribution is -2.49. The smallest absolute Gasteiger partial charge is 0.119 e. The minimum absolute atomic E-state index is 0.185. The summed E-state index contributed by atoms with van der Waals surface area (Å²) in [4.78, 5) is 0. The third-order valence-electron chi connectivity index (χ3n) is 4.25. The minimum atomic E-state index is -0.185. The lowest BCUT2D eigenvalue weighted by molar-refractivity contribution is 0.0800. The molecule has 3 atom stereocenters. The highest BCUT2D eigenvalue weighted by Gasteiger charge is 2.49. The van der Waals surface area contributed by atoms with Gasteiger partial charge in [0.05, 0.1) is 25.9 Å². The molecule has 3 unspecified atom stereocenters. The van der Waals surface area contributed by atoms with Crippen LogP contribution in [0.5, 0.6) is 11.5 Å². The van der Waals surface area contributed by atoms with Crippen LogP contribution in [-0.2, 0) is 4.74 Å². The maximum Gasteiger partial charge on any atom is 0.119 e. The van der Waals surface area contributed by atoms with E-state index in [9.17, 15) is 0 Å². The van der Waals surface area contributed by atoms with E-state index in [-0.39, 0.29) is 11.6 Å². The van der Waals surface area contributed by atoms with E-state index >= 15 is 0 Å². The van der Waals surface area contributed by atoms with Gasteiger partial charge in [-0.05, 0) is 43.5 Å². The average Bonchev–Trinajstić information content (AvgIpc) is 3.00. The SMILES string of the molecule is COc1ccc(OCCC2(N)CC3CCC2O3)cc1. The van der Waals surface area contributed by atoms with Crippen molar-refractivity contribution in [1.29, 1.82) is 0 Å². The van der Waals surface area contributed by atoms with Gasteiger partial charge in [-0.3, -0.25) is 0 Å². The van der Waals surface area contributed by atoms with Crippen molar-refractivity contribution in [3.05, 3.63) is 24.3 Å². The Labute approximate surface area is 113 Å². The van der Waals surface area contributed by atoms with Crippen molar-refractivity contribution in [3.63, 3.8) is 0 Å². The molecule has 0 amide bonds. The van der Waals surface area contributed by atoms with Gasteiger partial charge >= 0.3 is 0 Å². The Morgan fingerprint density at radius 1 is 1.26 bits per heavy atom. The van der Waals surface area contributed by atoms with Crippen LogP contribution in [0, 0.1) is 0 Å². The van der Waals surface area contributed by atoms with Crippen LogP contribution in [0.1, 0.15) is 25.7 Å². The topological polar surface area (TPSA) is 53.7 Å². The normalized spacial score (nSPS) is 32.5. The van der Waals surface area contributed by atoms with Gasteiger partial charge in [0.1, 0.15) is 11.5 Å². The van der Waals surface area contributed by atoms with E-state index in [4.69, 9.17) is 19.9 Å². The van der Waals surface area contributed by atoms with Crippen molar-refractivity contribution < 1.29 is 14.2 Å². The molecule has 1 aromatic carbocycles. The fraction of sp³-hybridized carbons (Fsp3) is 0.600. The molecule has 0 spiro atoms. The number of methoxy groups -OCH3 is 1. The molecule has 0 radical (unpaired) electrons. The molecule has 1 aromatic rings. The summed E-state index contributed by atoms with van der Waals surface area (Å²) in [6.07, 6.45) is 4.71. The number of rotatable bonds is 5. The van der Waals surface area contributed by atoms with Crippen molar-refractivity contribution in [3.8, 4) is 11.5 Å². The molecule has 4 nitrogen and oxygen atoms in total. The second kappa shape index (κ2) is 5.02. The molecule has 3 rings (SSSR count). The van der Waals surface area contributed by atoms with Gasteiger partial charge < -0.3 is 19.9 Å². The van der Waals surface area contributed by atoms with E-state index in [0.717, 1.165) is 30.8 Å². The maximum absolute atomic E-state index is 6.43. The Balaban J connectivity index is 1.50. The second-order valence-corrected chi connectivity index (χ2v) is 5.54. The van der Waals surface area contributed by atoms with E-state index in [2.05, 4.69) is 0 Å². The van der Waals surface area contributed by atoms with E-state index in [1.165, 1.54) is 6.42 Å². The van der Waals surface area contributed by atoms with Crippen LogP contribution in [0.3, 0.4) is 0 Å². The zero-order valence-electron chi connectivity index (χ0n) is 11.3. The fourth-order valence-corrected chi connectivity index (χ4v) is 3.13. The van der Waals surface area contributed by atoms with Crippen molar-refractivity contribution in [2.75, 3.05) is 13.7 Å². The van der Waals surface area contributed by atoms with Gasteiger partial charge in [0, 0.05) is 12.0 Å². The molecule has 104 valence electrons. The standard InChI is InChI=1S/C15H21NO3/c1-17-11-2-4-12(5-3-11)18-9-8-15(16)10-13-6-7-14(15)19-13/h2-5,13-14H,6-10,16H2,1H3. The van der Waals surface area contributed by atoms with Crippen LogP contribution < -0.4 is 15.2 Å². The van der Waals surface area contributed by atoms with Crippen LogP contribution in [-0.4, -0.2) is 31.5 Å². The molecule has 19 heavy (non-hydrogen) atoms. The molecular formula is C15H21NO3. The largest absolute Gasteiger partial charge is 0.497 e. The fourth-order valence-electron chi connectivity index (χ4n) is 3.13. The molecular weight excluding hydrogens is 242 g/mol. The van der Waals surface area contributed by atoms with E-state index in [0.29, 0.717) is 12.7 Å². The highest BCUT2D eigenvalue weighted by molar-refractivity contribution is 5.31. The first kappa shape index (κ1) is 12.8. The Morgan fingerprint density at radius 3 is 2.58 bits per heavy atom. The number of fused-ring (bicyclic) bond motifs is 2. The number of ether oxygens (including phenoxy) is 3. The highest BCUT2D eigenvalue weighted by atomic mass is 16.5. The number of nitrogens with two attached hydrogens (primary N) is 1. The zero-order chi connectivity index (χ0) is 13.3. The van der Waals surface area contributed by atoms with Crippen LogP contribution in [0.25, 0.3) is 0 Å². The third kappa shape index (κ3) is 2.55. The van der Waals surface area contributed by atoms with Crippen LogP contribution in [0.15, 0.2) is 24.3 Å². The number of hydrogen-bond donors (Lipinski definition) is 1. The Bertz CT molecular complexity index is 434. The Morgan fingerprint density at radius 2 is 2.00 bits per heavy atom. The average molecular weight is 263 g/mol. The van der Waals surface area contributed by atoms with Crippen LogP contribution in [0.2, 0.25) is 0 Å². The monoisotopic (exact) mass is 263 g/mol. The molecule has 2 bridgehead atoms. The van der Waals surface area contributed by atoms with E-state index in [1.807, 2.05) is 24.3 Å². The first-order valence-electron chi connectivity index (χ1n) is 6.91. The quantitative estimate of drug-likeness (QED) is 0.884. The van der Waals surface area contributed by atoms with Gasteiger partial charge in [-0.15, -0.1) is 0 Å². The van der Waals surface area contributed by atoms with Crippen molar-refractivity contribution in [2.24, 2.45) is 5.73 Å². The van der Waals surface area contributed by atoms with Gasteiger partial charge in [0.2, 0.25) is 0 Å². The molecule has 0 saturated carbocycles. The number of hydrogen-bond acceptors (Lipinski definition) is 4. The first-order chi connectivity index (χ1) is 9.19. The molecule has 2 aliphatic heterocycles. The zero-order valence-corrected chi connectivity index (χ0v) is 11.3. The van der Waals surface area contributed by atoms with Gasteiger partial charge in [-0.25, -0.2) is 0 Å². The second-order valence-electron chi connectivity index (χ2n) is 5.54. The van der Waals surface area contributed by atoms with Gasteiger partial charge in [-0.2, -0.15) is 0 Å². The summed E-state index contributed by atoms with van der Waals surface area (Å²) in [5.74, 6) is 1.69. The first-order valence-corrected chi connectivity index (χ1v) is 6.91. The van der Waals surface area contributed by atoms with Crippen LogP contribution in [0.4, 0.5) is 0 Å². The predicted octanol–water partition coefficient (Wildman–Crippen LogP) is 2.11. The molecule has 2 saturated heterocycles. The van der Waals surface area contributed by atoms with Crippen LogP contribution >= 0.6 is 0 Å². The lowest BCUT2D eigenvalue weighted by atomic mass is 9.80. The van der Waals surface area contributed by atoms with Crippen molar-refractivity contribution in [2.45, 2.75) is 43.4 Å². The van der Waals surface area contributed by atoms with Crippen molar-refractivity contribution >= 4 is 0 Å². The highest BCUT2D eigenvalue weighted by Crippen LogP contribution is 2.41. The summed E-state index contributed by atoms with van der Waals surface area (Å²) in [5.41, 5.74) is 6.24.